The summed E-state index contributed by atoms with van der Waals surface area (Å²) >= 11 is 0. The monoisotopic (exact) mass is 225 g/mol. The predicted octanol–water partition coefficient (Wildman–Crippen LogP) is 2.92. The molecule has 0 N–H and O–H groups in total. The summed E-state index contributed by atoms with van der Waals surface area (Å²) in [6.07, 6.45) is 4.09. The van der Waals surface area contributed by atoms with Crippen LogP contribution in [0.5, 0.6) is 0 Å². The van der Waals surface area contributed by atoms with Crippen LogP contribution < -0.4 is 0 Å². The molecule has 94 valence electrons. The fourth-order valence-electron chi connectivity index (χ4n) is 3.26. The molecule has 0 aromatic carbocycles. The molecule has 1 heterocycles. The summed E-state index contributed by atoms with van der Waals surface area (Å²) in [4.78, 5) is 2.55. The van der Waals surface area contributed by atoms with Crippen LogP contribution in [-0.4, -0.2) is 36.7 Å². The van der Waals surface area contributed by atoms with Crippen molar-refractivity contribution >= 4 is 0 Å². The molecule has 16 heavy (non-hydrogen) atoms. The molecule has 3 atom stereocenters. The highest BCUT2D eigenvalue weighted by Gasteiger charge is 2.58. The third-order valence-corrected chi connectivity index (χ3v) is 4.47. The van der Waals surface area contributed by atoms with Crippen molar-refractivity contribution in [2.45, 2.75) is 58.6 Å². The molecule has 2 aliphatic rings. The molecule has 0 aromatic rings. The molecule has 2 rings (SSSR count). The third-order valence-electron chi connectivity index (χ3n) is 4.47. The van der Waals surface area contributed by atoms with Gasteiger partial charge in [0, 0.05) is 11.5 Å². The Hall–Kier alpha value is -0.0800. The molecule has 3 unspecified atom stereocenters. The van der Waals surface area contributed by atoms with Gasteiger partial charge in [-0.25, -0.2) is 0 Å². The maximum atomic E-state index is 6.06. The summed E-state index contributed by atoms with van der Waals surface area (Å²) in [6, 6.07) is 0.768. The molecule has 0 amide bonds. The van der Waals surface area contributed by atoms with Gasteiger partial charge in [-0.3, -0.25) is 0 Å². The topological polar surface area (TPSA) is 12.5 Å². The van der Waals surface area contributed by atoms with E-state index in [1.807, 2.05) is 0 Å². The number of hydrogen-bond donors (Lipinski definition) is 0. The average molecular weight is 225 g/mol. The SMILES string of the molecule is CC1CC1(COC(C)(C)C)C1CCCN1C. The Bertz CT molecular complexity index is 258. The van der Waals surface area contributed by atoms with Crippen LogP contribution in [0.2, 0.25) is 0 Å². The number of ether oxygens (including phenoxy) is 1. The first-order valence-corrected chi connectivity index (χ1v) is 6.69. The summed E-state index contributed by atoms with van der Waals surface area (Å²) in [6.45, 7) is 11.1. The first kappa shape index (κ1) is 12.4. The molecule has 0 aromatic heterocycles. The lowest BCUT2D eigenvalue weighted by Crippen LogP contribution is -2.39. The molecule has 2 nitrogen and oxygen atoms in total. The molecule has 1 saturated heterocycles. The maximum absolute atomic E-state index is 6.06. The van der Waals surface area contributed by atoms with Crippen LogP contribution in [0.15, 0.2) is 0 Å². The minimum Gasteiger partial charge on any atom is -0.375 e. The van der Waals surface area contributed by atoms with Crippen LogP contribution in [0.1, 0.15) is 47.0 Å². The smallest absolute Gasteiger partial charge is 0.0598 e. The maximum Gasteiger partial charge on any atom is 0.0598 e. The van der Waals surface area contributed by atoms with Crippen LogP contribution in [0.25, 0.3) is 0 Å². The molecule has 0 radical (unpaired) electrons. The van der Waals surface area contributed by atoms with E-state index in [1.165, 1.54) is 25.8 Å². The van der Waals surface area contributed by atoms with E-state index in [0.717, 1.165) is 18.6 Å². The van der Waals surface area contributed by atoms with Gasteiger partial charge in [0.1, 0.15) is 0 Å². The summed E-state index contributed by atoms with van der Waals surface area (Å²) in [7, 11) is 2.28. The van der Waals surface area contributed by atoms with Gasteiger partial charge in [0.2, 0.25) is 0 Å². The second-order valence-electron chi connectivity index (χ2n) is 6.88. The lowest BCUT2D eigenvalue weighted by atomic mass is 9.92. The first-order chi connectivity index (χ1) is 7.35. The van der Waals surface area contributed by atoms with Crippen LogP contribution >= 0.6 is 0 Å². The quantitative estimate of drug-likeness (QED) is 0.732. The fourth-order valence-corrected chi connectivity index (χ4v) is 3.26. The molecular weight excluding hydrogens is 198 g/mol. The van der Waals surface area contributed by atoms with Gasteiger partial charge in [-0.15, -0.1) is 0 Å². The van der Waals surface area contributed by atoms with Crippen molar-refractivity contribution in [3.05, 3.63) is 0 Å². The highest BCUT2D eigenvalue weighted by Crippen LogP contribution is 2.58. The highest BCUT2D eigenvalue weighted by molar-refractivity contribution is 5.09. The van der Waals surface area contributed by atoms with Crippen molar-refractivity contribution in [1.82, 2.24) is 4.90 Å². The molecule has 0 spiro atoms. The van der Waals surface area contributed by atoms with Gasteiger partial charge < -0.3 is 9.64 Å². The van der Waals surface area contributed by atoms with Crippen LogP contribution in [-0.2, 0) is 4.74 Å². The van der Waals surface area contributed by atoms with Gasteiger partial charge in [-0.2, -0.15) is 0 Å². The largest absolute Gasteiger partial charge is 0.375 e. The van der Waals surface area contributed by atoms with Gasteiger partial charge in [-0.05, 0) is 59.5 Å². The number of hydrogen-bond acceptors (Lipinski definition) is 2. The Kier molecular flexibility index (Phi) is 3.09. The number of rotatable bonds is 3. The summed E-state index contributed by atoms with van der Waals surface area (Å²) < 4.78 is 6.06. The van der Waals surface area contributed by atoms with Crippen LogP contribution in [0, 0.1) is 11.3 Å². The number of nitrogens with zero attached hydrogens (tertiary/aromatic N) is 1. The van der Waals surface area contributed by atoms with E-state index in [0.29, 0.717) is 5.41 Å². The standard InChI is InChI=1S/C14H27NO/c1-11-9-14(11,10-16-13(2,3)4)12-7-6-8-15(12)5/h11-12H,6-10H2,1-5H3. The van der Waals surface area contributed by atoms with E-state index in [2.05, 4.69) is 39.6 Å². The summed E-state index contributed by atoms with van der Waals surface area (Å²) in [5.74, 6) is 0.848. The van der Waals surface area contributed by atoms with E-state index in [1.54, 1.807) is 0 Å². The van der Waals surface area contributed by atoms with Crippen molar-refractivity contribution in [2.24, 2.45) is 11.3 Å². The Morgan fingerprint density at radius 3 is 2.38 bits per heavy atom. The van der Waals surface area contributed by atoms with E-state index >= 15 is 0 Å². The minimum absolute atomic E-state index is 0.00643. The Balaban J connectivity index is 1.98. The van der Waals surface area contributed by atoms with Crippen LogP contribution in [0.3, 0.4) is 0 Å². The van der Waals surface area contributed by atoms with Crippen molar-refractivity contribution < 1.29 is 4.74 Å². The number of likely N-dealkylation sites (tertiary alicyclic amines) is 1. The summed E-state index contributed by atoms with van der Waals surface area (Å²) in [5, 5.41) is 0. The van der Waals surface area contributed by atoms with Gasteiger partial charge in [0.15, 0.2) is 0 Å². The Labute approximate surface area is 100 Å². The molecule has 0 bridgehead atoms. The average Bonchev–Trinajstić information content (AvgIpc) is 2.59. The molecule has 1 aliphatic heterocycles. The lowest BCUT2D eigenvalue weighted by Gasteiger charge is -2.32. The van der Waals surface area contributed by atoms with Gasteiger partial charge in [0.25, 0.3) is 0 Å². The van der Waals surface area contributed by atoms with Gasteiger partial charge >= 0.3 is 0 Å². The zero-order chi connectivity index (χ0) is 12.0. The predicted molar refractivity (Wildman–Crippen MR) is 67.6 cm³/mol. The minimum atomic E-state index is 0.00643. The van der Waals surface area contributed by atoms with E-state index in [-0.39, 0.29) is 5.60 Å². The first-order valence-electron chi connectivity index (χ1n) is 6.69. The van der Waals surface area contributed by atoms with E-state index in [4.69, 9.17) is 4.74 Å². The fraction of sp³-hybridized carbons (Fsp3) is 1.00. The zero-order valence-electron chi connectivity index (χ0n) is 11.5. The van der Waals surface area contributed by atoms with Gasteiger partial charge in [0.05, 0.1) is 12.2 Å². The van der Waals surface area contributed by atoms with Crippen LogP contribution in [0.4, 0.5) is 0 Å². The Morgan fingerprint density at radius 1 is 1.38 bits per heavy atom. The Morgan fingerprint density at radius 2 is 2.00 bits per heavy atom. The normalized spacial score (nSPS) is 40.3. The van der Waals surface area contributed by atoms with Crippen molar-refractivity contribution in [3.8, 4) is 0 Å². The summed E-state index contributed by atoms with van der Waals surface area (Å²) in [5.41, 5.74) is 0.477. The molecule has 2 heteroatoms. The lowest BCUT2D eigenvalue weighted by molar-refractivity contribution is -0.0450. The molecule has 2 fully saturated rings. The molecule has 1 saturated carbocycles. The van der Waals surface area contributed by atoms with Gasteiger partial charge in [-0.1, -0.05) is 6.92 Å². The van der Waals surface area contributed by atoms with Crippen molar-refractivity contribution in [1.29, 1.82) is 0 Å². The molecule has 1 aliphatic carbocycles. The second-order valence-corrected chi connectivity index (χ2v) is 6.88. The van der Waals surface area contributed by atoms with Crippen molar-refractivity contribution in [2.75, 3.05) is 20.2 Å². The van der Waals surface area contributed by atoms with E-state index < -0.39 is 0 Å². The second kappa shape index (κ2) is 3.99. The van der Waals surface area contributed by atoms with Crippen molar-refractivity contribution in [3.63, 3.8) is 0 Å². The molecular formula is C14H27NO. The highest BCUT2D eigenvalue weighted by atomic mass is 16.5. The van der Waals surface area contributed by atoms with E-state index in [9.17, 15) is 0 Å². The third kappa shape index (κ3) is 2.28. The zero-order valence-corrected chi connectivity index (χ0v) is 11.5.